The van der Waals surface area contributed by atoms with Crippen LogP contribution >= 0.6 is 0 Å². The summed E-state index contributed by atoms with van der Waals surface area (Å²) in [5.74, 6) is -0.503. The summed E-state index contributed by atoms with van der Waals surface area (Å²) in [6, 6.07) is -0.376. The topological polar surface area (TPSA) is 68.0 Å². The number of alkyl halides is 3. The molecule has 1 aliphatic rings. The fraction of sp³-hybridized carbons (Fsp3) is 0.786. The Bertz CT molecular complexity index is 502. The average Bonchev–Trinajstić information content (AvgIpc) is 2.84. The lowest BCUT2D eigenvalue weighted by atomic mass is 9.85. The number of aromatic nitrogens is 2. The quantitative estimate of drug-likeness (QED) is 0.906. The maximum Gasteiger partial charge on any atom is 0.391 e. The highest BCUT2D eigenvalue weighted by Crippen LogP contribution is 2.37. The highest BCUT2D eigenvalue weighted by molar-refractivity contribution is 5.76. The lowest BCUT2D eigenvalue weighted by Gasteiger charge is -2.31. The molecule has 1 N–H and O–H groups in total. The monoisotopic (exact) mass is 319 g/mol. The predicted octanol–water partition coefficient (Wildman–Crippen LogP) is 2.94. The van der Waals surface area contributed by atoms with Crippen molar-refractivity contribution in [2.24, 2.45) is 5.92 Å². The van der Waals surface area contributed by atoms with Gasteiger partial charge in [0, 0.05) is 18.9 Å². The number of nitrogens with zero attached hydrogens (tertiary/aromatic N) is 2. The summed E-state index contributed by atoms with van der Waals surface area (Å²) in [4.78, 5) is 15.8. The van der Waals surface area contributed by atoms with Crippen molar-refractivity contribution in [3.63, 3.8) is 0 Å². The van der Waals surface area contributed by atoms with Crippen LogP contribution in [-0.4, -0.2) is 28.3 Å². The lowest BCUT2D eigenvalue weighted by Crippen LogP contribution is -2.41. The first-order valence-corrected chi connectivity index (χ1v) is 7.50. The van der Waals surface area contributed by atoms with Crippen molar-refractivity contribution in [2.45, 2.75) is 64.1 Å². The van der Waals surface area contributed by atoms with Crippen molar-refractivity contribution < 1.29 is 22.5 Å². The zero-order chi connectivity index (χ0) is 16.2. The molecular weight excluding hydrogens is 299 g/mol. The number of halogens is 3. The molecule has 2 atom stereocenters. The number of rotatable bonds is 5. The van der Waals surface area contributed by atoms with Gasteiger partial charge in [-0.2, -0.15) is 18.2 Å². The van der Waals surface area contributed by atoms with Crippen LogP contribution in [0.3, 0.4) is 0 Å². The van der Waals surface area contributed by atoms with Crippen LogP contribution in [0.5, 0.6) is 0 Å². The summed E-state index contributed by atoms with van der Waals surface area (Å²) in [6.07, 6.45) is -1.65. The number of carbonyl (C=O) groups is 1. The molecule has 0 spiro atoms. The Morgan fingerprint density at radius 2 is 2.18 bits per heavy atom. The zero-order valence-electron chi connectivity index (χ0n) is 12.4. The fourth-order valence-electron chi connectivity index (χ4n) is 2.76. The first-order valence-electron chi connectivity index (χ1n) is 7.50. The number of carbonyl (C=O) groups excluding carboxylic acids is 1. The molecule has 0 bridgehead atoms. The second-order valence-corrected chi connectivity index (χ2v) is 5.76. The number of hydrogen-bond acceptors (Lipinski definition) is 4. The van der Waals surface area contributed by atoms with Crippen LogP contribution in [-0.2, 0) is 11.2 Å². The predicted molar refractivity (Wildman–Crippen MR) is 71.9 cm³/mol. The smallest absolute Gasteiger partial charge is 0.353 e. The van der Waals surface area contributed by atoms with Gasteiger partial charge in [-0.1, -0.05) is 11.6 Å². The van der Waals surface area contributed by atoms with Gasteiger partial charge in [0.1, 0.15) is 0 Å². The minimum Gasteiger partial charge on any atom is -0.353 e. The molecule has 124 valence electrons. The SMILES string of the molecule is Cc1noc(CCCC(=O)NC2CCCC(C(F)(F)F)C2)n1. The third-order valence-corrected chi connectivity index (χ3v) is 3.87. The standard InChI is InChI=1S/C14H20F3N3O2/c1-9-18-13(22-20-9)7-3-6-12(21)19-11-5-2-4-10(8-11)14(15,16)17/h10-11H,2-8H2,1H3,(H,19,21). The fourth-order valence-corrected chi connectivity index (χ4v) is 2.76. The molecule has 2 unspecified atom stereocenters. The summed E-state index contributed by atoms with van der Waals surface area (Å²) in [7, 11) is 0. The van der Waals surface area contributed by atoms with Gasteiger partial charge in [0.2, 0.25) is 11.8 Å². The average molecular weight is 319 g/mol. The van der Waals surface area contributed by atoms with Crippen LogP contribution in [0.2, 0.25) is 0 Å². The van der Waals surface area contributed by atoms with Gasteiger partial charge in [0.15, 0.2) is 5.82 Å². The van der Waals surface area contributed by atoms with Gasteiger partial charge in [0.25, 0.3) is 0 Å². The number of nitrogens with one attached hydrogen (secondary N) is 1. The van der Waals surface area contributed by atoms with E-state index in [-0.39, 0.29) is 31.2 Å². The summed E-state index contributed by atoms with van der Waals surface area (Å²) >= 11 is 0. The Kier molecular flexibility index (Phi) is 5.42. The van der Waals surface area contributed by atoms with E-state index in [2.05, 4.69) is 15.5 Å². The zero-order valence-corrected chi connectivity index (χ0v) is 12.4. The Labute approximate surface area is 126 Å². The van der Waals surface area contributed by atoms with E-state index < -0.39 is 12.1 Å². The van der Waals surface area contributed by atoms with Crippen molar-refractivity contribution in [2.75, 3.05) is 0 Å². The van der Waals surface area contributed by atoms with Gasteiger partial charge in [-0.05, 0) is 32.6 Å². The molecule has 1 aliphatic carbocycles. The Morgan fingerprint density at radius 1 is 1.41 bits per heavy atom. The normalized spacial score (nSPS) is 22.5. The molecule has 1 fully saturated rings. The Morgan fingerprint density at radius 3 is 2.82 bits per heavy atom. The molecule has 0 saturated heterocycles. The number of aryl methyl sites for hydroxylation is 2. The van der Waals surface area contributed by atoms with Crippen LogP contribution < -0.4 is 5.32 Å². The van der Waals surface area contributed by atoms with Gasteiger partial charge in [-0.25, -0.2) is 0 Å². The first-order chi connectivity index (χ1) is 10.3. The summed E-state index contributed by atoms with van der Waals surface area (Å²) in [5.41, 5.74) is 0. The van der Waals surface area contributed by atoms with Crippen molar-refractivity contribution in [3.8, 4) is 0 Å². The van der Waals surface area contributed by atoms with E-state index in [0.717, 1.165) is 0 Å². The van der Waals surface area contributed by atoms with Crippen LogP contribution in [0, 0.1) is 12.8 Å². The summed E-state index contributed by atoms with van der Waals surface area (Å²) in [6.45, 7) is 1.71. The van der Waals surface area contributed by atoms with Crippen molar-refractivity contribution in [1.82, 2.24) is 15.5 Å². The van der Waals surface area contributed by atoms with Gasteiger partial charge in [0.05, 0.1) is 5.92 Å². The minimum absolute atomic E-state index is 0.0158. The highest BCUT2D eigenvalue weighted by atomic mass is 19.4. The first kappa shape index (κ1) is 16.8. The molecule has 22 heavy (non-hydrogen) atoms. The highest BCUT2D eigenvalue weighted by Gasteiger charge is 2.42. The second-order valence-electron chi connectivity index (χ2n) is 5.76. The third kappa shape index (κ3) is 4.99. The van der Waals surface area contributed by atoms with Crippen LogP contribution in [0.25, 0.3) is 0 Å². The van der Waals surface area contributed by atoms with Gasteiger partial charge >= 0.3 is 6.18 Å². The van der Waals surface area contributed by atoms with E-state index in [9.17, 15) is 18.0 Å². The van der Waals surface area contributed by atoms with E-state index in [0.29, 0.717) is 37.4 Å². The molecule has 0 radical (unpaired) electrons. The van der Waals surface area contributed by atoms with Crippen LogP contribution in [0.4, 0.5) is 13.2 Å². The van der Waals surface area contributed by atoms with E-state index >= 15 is 0 Å². The van der Waals surface area contributed by atoms with E-state index in [1.165, 1.54) is 0 Å². The largest absolute Gasteiger partial charge is 0.391 e. The molecular formula is C14H20F3N3O2. The van der Waals surface area contributed by atoms with Gasteiger partial charge < -0.3 is 9.84 Å². The Balaban J connectivity index is 1.70. The molecule has 1 heterocycles. The van der Waals surface area contributed by atoms with Crippen molar-refractivity contribution in [1.29, 1.82) is 0 Å². The van der Waals surface area contributed by atoms with E-state index in [1.54, 1.807) is 6.92 Å². The molecule has 1 aromatic heterocycles. The van der Waals surface area contributed by atoms with Gasteiger partial charge in [-0.15, -0.1) is 0 Å². The molecule has 0 aliphatic heterocycles. The van der Waals surface area contributed by atoms with E-state index in [4.69, 9.17) is 4.52 Å². The van der Waals surface area contributed by atoms with Crippen molar-refractivity contribution in [3.05, 3.63) is 11.7 Å². The maximum absolute atomic E-state index is 12.7. The molecule has 8 heteroatoms. The summed E-state index contributed by atoms with van der Waals surface area (Å²) < 4.78 is 43.1. The molecule has 1 amide bonds. The second kappa shape index (κ2) is 7.11. The molecule has 1 saturated carbocycles. The molecule has 0 aromatic carbocycles. The number of amides is 1. The van der Waals surface area contributed by atoms with Crippen LogP contribution in [0.1, 0.15) is 50.2 Å². The Hall–Kier alpha value is -1.60. The van der Waals surface area contributed by atoms with Crippen LogP contribution in [0.15, 0.2) is 4.52 Å². The maximum atomic E-state index is 12.7. The number of hydrogen-bond donors (Lipinski definition) is 1. The summed E-state index contributed by atoms with van der Waals surface area (Å²) in [5, 5.41) is 6.35. The van der Waals surface area contributed by atoms with Crippen molar-refractivity contribution >= 4 is 5.91 Å². The lowest BCUT2D eigenvalue weighted by molar-refractivity contribution is -0.184. The molecule has 1 aromatic rings. The molecule has 2 rings (SSSR count). The third-order valence-electron chi connectivity index (χ3n) is 3.87. The van der Waals surface area contributed by atoms with E-state index in [1.807, 2.05) is 0 Å². The molecule has 5 nitrogen and oxygen atoms in total. The van der Waals surface area contributed by atoms with Gasteiger partial charge in [-0.3, -0.25) is 4.79 Å². The minimum atomic E-state index is -4.17.